The zero-order valence-corrected chi connectivity index (χ0v) is 14.7. The van der Waals surface area contributed by atoms with Crippen molar-refractivity contribution >= 4 is 44.2 Å². The van der Waals surface area contributed by atoms with Crippen molar-refractivity contribution in [2.24, 2.45) is 0 Å². The number of benzene rings is 2. The van der Waals surface area contributed by atoms with E-state index in [9.17, 15) is 18.5 Å². The molecule has 3 rings (SSSR count). The van der Waals surface area contributed by atoms with Crippen molar-refractivity contribution in [3.63, 3.8) is 0 Å². The summed E-state index contributed by atoms with van der Waals surface area (Å²) < 4.78 is 40.9. The lowest BCUT2D eigenvalue weighted by molar-refractivity contribution is -0.384. The largest absolute Gasteiger partial charge is 0.496 e. The summed E-state index contributed by atoms with van der Waals surface area (Å²) in [5.41, 5.74) is 0.562. The molecule has 2 aromatic carbocycles. The summed E-state index contributed by atoms with van der Waals surface area (Å²) in [5, 5.41) is 11.2. The second-order valence-electron chi connectivity index (χ2n) is 5.09. The number of aromatic nitrogens is 2. The van der Waals surface area contributed by atoms with Crippen molar-refractivity contribution in [3.05, 3.63) is 46.0 Å². The van der Waals surface area contributed by atoms with Crippen LogP contribution in [0, 0.1) is 17.0 Å². The Labute approximate surface area is 146 Å². The lowest BCUT2D eigenvalue weighted by Crippen LogP contribution is -2.16. The van der Waals surface area contributed by atoms with E-state index in [4.69, 9.17) is 4.74 Å². The molecule has 0 saturated carbocycles. The van der Waals surface area contributed by atoms with E-state index in [1.165, 1.54) is 19.2 Å². The molecule has 0 aliphatic carbocycles. The molecule has 1 N–H and O–H groups in total. The third-order valence-corrected chi connectivity index (χ3v) is 5.58. The first-order valence-electron chi connectivity index (χ1n) is 6.90. The first-order chi connectivity index (χ1) is 11.8. The van der Waals surface area contributed by atoms with E-state index in [2.05, 4.69) is 13.5 Å². The number of methoxy groups -OCH3 is 1. The van der Waals surface area contributed by atoms with E-state index in [1.54, 1.807) is 19.1 Å². The van der Waals surface area contributed by atoms with Gasteiger partial charge in [0.05, 0.1) is 29.8 Å². The van der Waals surface area contributed by atoms with Gasteiger partial charge in [-0.2, -0.15) is 8.75 Å². The van der Waals surface area contributed by atoms with Crippen molar-refractivity contribution < 1.29 is 18.1 Å². The first-order valence-corrected chi connectivity index (χ1v) is 9.12. The number of ether oxygens (including phenoxy) is 1. The number of hydrogen-bond donors (Lipinski definition) is 1. The van der Waals surface area contributed by atoms with Crippen LogP contribution in [-0.4, -0.2) is 29.2 Å². The van der Waals surface area contributed by atoms with Crippen molar-refractivity contribution in [1.29, 1.82) is 0 Å². The molecular weight excluding hydrogens is 368 g/mol. The lowest BCUT2D eigenvalue weighted by Gasteiger charge is -2.11. The fraction of sp³-hybridized carbons (Fsp3) is 0.143. The fourth-order valence-electron chi connectivity index (χ4n) is 2.34. The van der Waals surface area contributed by atoms with Gasteiger partial charge in [-0.25, -0.2) is 8.42 Å². The lowest BCUT2D eigenvalue weighted by atomic mass is 10.2. The number of nitro groups is 1. The number of nitrogens with zero attached hydrogens (tertiary/aromatic N) is 3. The first kappa shape index (κ1) is 17.0. The van der Waals surface area contributed by atoms with Crippen LogP contribution in [-0.2, 0) is 10.0 Å². The van der Waals surface area contributed by atoms with Gasteiger partial charge in [0, 0.05) is 0 Å². The van der Waals surface area contributed by atoms with Gasteiger partial charge in [0.1, 0.15) is 27.4 Å². The molecule has 0 unspecified atom stereocenters. The highest BCUT2D eigenvalue weighted by atomic mass is 32.2. The molecule has 0 amide bonds. The van der Waals surface area contributed by atoms with Crippen molar-refractivity contribution in [1.82, 2.24) is 8.75 Å². The topological polar surface area (TPSA) is 124 Å². The van der Waals surface area contributed by atoms with E-state index in [0.717, 1.165) is 17.8 Å². The minimum absolute atomic E-state index is 0.0520. The van der Waals surface area contributed by atoms with Crippen LogP contribution in [0.25, 0.3) is 11.0 Å². The van der Waals surface area contributed by atoms with Crippen LogP contribution < -0.4 is 9.46 Å². The number of rotatable bonds is 5. The van der Waals surface area contributed by atoms with Gasteiger partial charge >= 0.3 is 0 Å². The molecule has 0 radical (unpaired) electrons. The molecule has 0 fully saturated rings. The quantitative estimate of drug-likeness (QED) is 0.533. The van der Waals surface area contributed by atoms with Crippen LogP contribution in [0.1, 0.15) is 5.56 Å². The summed E-state index contributed by atoms with van der Waals surface area (Å²) in [5.74, 6) is 0.247. The predicted octanol–water partition coefficient (Wildman–Crippen LogP) is 2.72. The third kappa shape index (κ3) is 3.10. The number of sulfonamides is 1. The predicted molar refractivity (Wildman–Crippen MR) is 92.6 cm³/mol. The van der Waals surface area contributed by atoms with Crippen molar-refractivity contribution in [2.75, 3.05) is 11.8 Å². The van der Waals surface area contributed by atoms with Gasteiger partial charge in [0.25, 0.3) is 15.7 Å². The second-order valence-corrected chi connectivity index (χ2v) is 7.24. The monoisotopic (exact) mass is 380 g/mol. The Hall–Kier alpha value is -2.79. The molecule has 3 aromatic rings. The maximum absolute atomic E-state index is 12.8. The van der Waals surface area contributed by atoms with Crippen LogP contribution in [0.15, 0.2) is 35.2 Å². The summed E-state index contributed by atoms with van der Waals surface area (Å²) in [4.78, 5) is 10.5. The minimum atomic E-state index is -4.11. The zero-order chi connectivity index (χ0) is 18.2. The van der Waals surface area contributed by atoms with Crippen LogP contribution in [0.5, 0.6) is 5.75 Å². The smallest absolute Gasteiger partial charge is 0.297 e. The van der Waals surface area contributed by atoms with Gasteiger partial charge in [-0.3, -0.25) is 14.8 Å². The summed E-state index contributed by atoms with van der Waals surface area (Å²) in [6.07, 6.45) is 0. The molecule has 0 bridgehead atoms. The molecule has 9 nitrogen and oxygen atoms in total. The van der Waals surface area contributed by atoms with Crippen LogP contribution in [0.3, 0.4) is 0 Å². The molecule has 0 atom stereocenters. The Bertz CT molecular complexity index is 1080. The average molecular weight is 380 g/mol. The number of nitro benzene ring substituents is 1. The van der Waals surface area contributed by atoms with Gasteiger partial charge in [0.2, 0.25) is 0 Å². The number of nitrogens with one attached hydrogen (secondary N) is 1. The molecule has 130 valence electrons. The maximum Gasteiger partial charge on any atom is 0.297 e. The van der Waals surface area contributed by atoms with Crippen LogP contribution in [0.4, 0.5) is 11.4 Å². The van der Waals surface area contributed by atoms with E-state index < -0.39 is 20.6 Å². The number of anilines is 1. The summed E-state index contributed by atoms with van der Waals surface area (Å²) in [7, 11) is -2.74. The van der Waals surface area contributed by atoms with E-state index in [-0.39, 0.29) is 21.8 Å². The van der Waals surface area contributed by atoms with Gasteiger partial charge in [-0.1, -0.05) is 6.07 Å². The summed E-state index contributed by atoms with van der Waals surface area (Å²) in [6, 6.07) is 7.14. The van der Waals surface area contributed by atoms with Gasteiger partial charge in [-0.05, 0) is 30.7 Å². The highest BCUT2D eigenvalue weighted by Crippen LogP contribution is 2.32. The van der Waals surface area contributed by atoms with Gasteiger partial charge in [0.15, 0.2) is 0 Å². The fourth-order valence-corrected chi connectivity index (χ4v) is 4.40. The number of fused-ring (bicyclic) bond motifs is 1. The molecule has 0 aliphatic rings. The Morgan fingerprint density at radius 3 is 2.68 bits per heavy atom. The second kappa shape index (κ2) is 6.26. The average Bonchev–Trinajstić information content (AvgIpc) is 3.02. The Kier molecular flexibility index (Phi) is 4.27. The van der Waals surface area contributed by atoms with Crippen molar-refractivity contribution in [3.8, 4) is 5.75 Å². The van der Waals surface area contributed by atoms with Gasteiger partial charge in [-0.15, -0.1) is 0 Å². The van der Waals surface area contributed by atoms with Gasteiger partial charge < -0.3 is 4.74 Å². The van der Waals surface area contributed by atoms with Crippen molar-refractivity contribution in [2.45, 2.75) is 11.8 Å². The molecule has 0 saturated heterocycles. The Morgan fingerprint density at radius 1 is 1.24 bits per heavy atom. The minimum Gasteiger partial charge on any atom is -0.496 e. The normalized spacial score (nSPS) is 11.4. The highest BCUT2D eigenvalue weighted by molar-refractivity contribution is 7.93. The summed E-state index contributed by atoms with van der Waals surface area (Å²) >= 11 is 0.894. The van der Waals surface area contributed by atoms with Crippen LogP contribution in [0.2, 0.25) is 0 Å². The molecule has 0 aliphatic heterocycles. The Morgan fingerprint density at radius 2 is 2.00 bits per heavy atom. The van der Waals surface area contributed by atoms with Crippen LogP contribution >= 0.6 is 11.7 Å². The van der Waals surface area contributed by atoms with E-state index >= 15 is 0 Å². The van der Waals surface area contributed by atoms with E-state index in [1.807, 2.05) is 0 Å². The molecule has 11 heteroatoms. The van der Waals surface area contributed by atoms with E-state index in [0.29, 0.717) is 11.1 Å². The SMILES string of the molecule is COc1ccc(NS(=O)(=O)c2c(C)ccc3nsnc23)c([N+](=O)[O-])c1. The highest BCUT2D eigenvalue weighted by Gasteiger charge is 2.26. The summed E-state index contributed by atoms with van der Waals surface area (Å²) in [6.45, 7) is 1.62. The standard InChI is InChI=1S/C14H12N4O5S2/c1-8-3-5-11-13(16-24-15-11)14(8)25(21,22)17-10-6-4-9(23-2)7-12(10)18(19)20/h3-7,17H,1-2H3. The molecule has 1 aromatic heterocycles. The molecular formula is C14H12N4O5S2. The maximum atomic E-state index is 12.8. The zero-order valence-electron chi connectivity index (χ0n) is 13.1. The Balaban J connectivity index is 2.12. The molecule has 0 spiro atoms. The molecule has 25 heavy (non-hydrogen) atoms. The molecule has 1 heterocycles. The number of aryl methyl sites for hydroxylation is 1. The third-order valence-electron chi connectivity index (χ3n) is 3.49. The number of hydrogen-bond acceptors (Lipinski definition) is 8.